The van der Waals surface area contributed by atoms with Crippen LogP contribution >= 0.6 is 0 Å². The van der Waals surface area contributed by atoms with Gasteiger partial charge in [-0.2, -0.15) is 0 Å². The number of alkyl halides is 1. The van der Waals surface area contributed by atoms with Gasteiger partial charge in [0.1, 0.15) is 5.75 Å². The van der Waals surface area contributed by atoms with Crippen molar-refractivity contribution in [3.05, 3.63) is 29.3 Å². The maximum atomic E-state index is 14.7. The van der Waals surface area contributed by atoms with E-state index in [2.05, 4.69) is 0 Å². The second kappa shape index (κ2) is 4.83. The number of rotatable bonds is 4. The van der Waals surface area contributed by atoms with Crippen molar-refractivity contribution < 1.29 is 9.13 Å². The fourth-order valence-electron chi connectivity index (χ4n) is 1.89. The molecule has 1 rings (SSSR count). The van der Waals surface area contributed by atoms with Crippen LogP contribution in [0.3, 0.4) is 0 Å². The molecule has 0 fully saturated rings. The number of ether oxygens (including phenoxy) is 1. The largest absolute Gasteiger partial charge is 0.497 e. The van der Waals surface area contributed by atoms with E-state index in [0.29, 0.717) is 5.56 Å². The molecule has 0 saturated carbocycles. The molecule has 90 valence electrons. The molecule has 3 heteroatoms. The Bertz CT molecular complexity index is 365. The summed E-state index contributed by atoms with van der Waals surface area (Å²) in [6.45, 7) is 5.56. The molecule has 2 nitrogen and oxygen atoms in total. The van der Waals surface area contributed by atoms with Crippen molar-refractivity contribution in [2.45, 2.75) is 26.4 Å². The number of benzene rings is 1. The summed E-state index contributed by atoms with van der Waals surface area (Å²) in [6.07, 6.45) is 0. The molecule has 16 heavy (non-hydrogen) atoms. The Kier molecular flexibility index (Phi) is 3.92. The van der Waals surface area contributed by atoms with Crippen LogP contribution in [0.25, 0.3) is 0 Å². The van der Waals surface area contributed by atoms with Crippen LogP contribution < -0.4 is 10.5 Å². The molecule has 1 unspecified atom stereocenters. The predicted octanol–water partition coefficient (Wildman–Crippen LogP) is 2.78. The van der Waals surface area contributed by atoms with Crippen molar-refractivity contribution in [1.29, 1.82) is 0 Å². The van der Waals surface area contributed by atoms with Crippen molar-refractivity contribution in [2.75, 3.05) is 13.7 Å². The van der Waals surface area contributed by atoms with Gasteiger partial charge in [-0.25, -0.2) is 4.39 Å². The molecule has 1 aromatic carbocycles. The van der Waals surface area contributed by atoms with E-state index in [4.69, 9.17) is 10.5 Å². The lowest BCUT2D eigenvalue weighted by molar-refractivity contribution is 0.108. The number of hydrogen-bond donors (Lipinski definition) is 1. The second-order valence-corrected chi connectivity index (χ2v) is 4.40. The summed E-state index contributed by atoms with van der Waals surface area (Å²) < 4.78 is 19.8. The molecule has 0 aromatic heterocycles. The van der Waals surface area contributed by atoms with Crippen molar-refractivity contribution in [3.8, 4) is 5.75 Å². The highest BCUT2D eigenvalue weighted by Crippen LogP contribution is 2.36. The van der Waals surface area contributed by atoms with Gasteiger partial charge in [0.25, 0.3) is 0 Å². The Balaban J connectivity index is 3.21. The van der Waals surface area contributed by atoms with E-state index in [1.807, 2.05) is 26.8 Å². The molecule has 0 aliphatic heterocycles. The highest BCUT2D eigenvalue weighted by molar-refractivity contribution is 5.38. The minimum atomic E-state index is -1.46. The topological polar surface area (TPSA) is 35.2 Å². The van der Waals surface area contributed by atoms with E-state index in [1.165, 1.54) is 0 Å². The van der Waals surface area contributed by atoms with Crippen LogP contribution in [0.15, 0.2) is 18.2 Å². The van der Waals surface area contributed by atoms with Gasteiger partial charge in [0.2, 0.25) is 0 Å². The molecule has 0 heterocycles. The van der Waals surface area contributed by atoms with E-state index in [-0.39, 0.29) is 12.5 Å². The van der Waals surface area contributed by atoms with Crippen LogP contribution in [-0.4, -0.2) is 13.7 Å². The average molecular weight is 225 g/mol. The lowest BCUT2D eigenvalue weighted by Crippen LogP contribution is -2.36. The summed E-state index contributed by atoms with van der Waals surface area (Å²) in [5, 5.41) is 0. The van der Waals surface area contributed by atoms with E-state index in [9.17, 15) is 4.39 Å². The van der Waals surface area contributed by atoms with Crippen LogP contribution in [0.5, 0.6) is 5.75 Å². The SMILES string of the molecule is COc1ccc(C(F)(CN)C(C)C)c(C)c1. The molecule has 0 saturated heterocycles. The Morgan fingerprint density at radius 3 is 2.44 bits per heavy atom. The van der Waals surface area contributed by atoms with Gasteiger partial charge in [0.05, 0.1) is 7.11 Å². The molecule has 0 amide bonds. The first-order valence-corrected chi connectivity index (χ1v) is 5.49. The summed E-state index contributed by atoms with van der Waals surface area (Å²) in [5.74, 6) is 0.592. The predicted molar refractivity (Wildman–Crippen MR) is 64.4 cm³/mol. The zero-order valence-corrected chi connectivity index (χ0v) is 10.4. The first-order chi connectivity index (χ1) is 7.45. The molecule has 0 spiro atoms. The fraction of sp³-hybridized carbons (Fsp3) is 0.538. The maximum Gasteiger partial charge on any atom is 0.150 e. The second-order valence-electron chi connectivity index (χ2n) is 4.40. The van der Waals surface area contributed by atoms with Crippen molar-refractivity contribution in [3.63, 3.8) is 0 Å². The number of halogens is 1. The van der Waals surface area contributed by atoms with Crippen molar-refractivity contribution in [1.82, 2.24) is 0 Å². The molecule has 1 atom stereocenters. The average Bonchev–Trinajstić information content (AvgIpc) is 2.27. The number of nitrogens with two attached hydrogens (primary N) is 1. The van der Waals surface area contributed by atoms with Crippen LogP contribution in [0.4, 0.5) is 4.39 Å². The van der Waals surface area contributed by atoms with E-state index >= 15 is 0 Å². The molecule has 0 bridgehead atoms. The van der Waals surface area contributed by atoms with E-state index in [0.717, 1.165) is 11.3 Å². The lowest BCUT2D eigenvalue weighted by Gasteiger charge is -2.30. The van der Waals surface area contributed by atoms with Gasteiger partial charge in [0.15, 0.2) is 5.67 Å². The quantitative estimate of drug-likeness (QED) is 0.855. The standard InChI is InChI=1S/C13H20FNO/c1-9(2)13(14,8-15)12-6-5-11(16-4)7-10(12)3/h5-7,9H,8,15H2,1-4H3. The molecular weight excluding hydrogens is 205 g/mol. The van der Waals surface area contributed by atoms with Gasteiger partial charge in [-0.3, -0.25) is 0 Å². The number of methoxy groups -OCH3 is 1. The third-order valence-electron chi connectivity index (χ3n) is 3.09. The summed E-state index contributed by atoms with van der Waals surface area (Å²) in [5.41, 5.74) is 5.65. The highest BCUT2D eigenvalue weighted by Gasteiger charge is 2.35. The molecule has 0 radical (unpaired) electrons. The van der Waals surface area contributed by atoms with E-state index in [1.54, 1.807) is 19.2 Å². The van der Waals surface area contributed by atoms with Gasteiger partial charge in [0, 0.05) is 6.54 Å². The molecule has 0 aliphatic rings. The van der Waals surface area contributed by atoms with Crippen molar-refractivity contribution in [2.24, 2.45) is 11.7 Å². The zero-order chi connectivity index (χ0) is 12.3. The molecule has 0 aliphatic carbocycles. The molecule has 2 N–H and O–H groups in total. The van der Waals surface area contributed by atoms with Gasteiger partial charge in [-0.15, -0.1) is 0 Å². The number of aryl methyl sites for hydroxylation is 1. The third kappa shape index (κ3) is 2.19. The Morgan fingerprint density at radius 2 is 2.06 bits per heavy atom. The number of hydrogen-bond acceptors (Lipinski definition) is 2. The zero-order valence-electron chi connectivity index (χ0n) is 10.4. The Labute approximate surface area is 96.6 Å². The van der Waals surface area contributed by atoms with Gasteiger partial charge < -0.3 is 10.5 Å². The van der Waals surface area contributed by atoms with E-state index < -0.39 is 5.67 Å². The lowest BCUT2D eigenvalue weighted by atomic mass is 9.83. The van der Waals surface area contributed by atoms with Gasteiger partial charge in [-0.05, 0) is 36.1 Å². The van der Waals surface area contributed by atoms with Crippen LogP contribution in [-0.2, 0) is 5.67 Å². The summed E-state index contributed by atoms with van der Waals surface area (Å²) >= 11 is 0. The third-order valence-corrected chi connectivity index (χ3v) is 3.09. The first-order valence-electron chi connectivity index (χ1n) is 5.49. The van der Waals surface area contributed by atoms with Crippen LogP contribution in [0.2, 0.25) is 0 Å². The summed E-state index contributed by atoms with van der Waals surface area (Å²) in [7, 11) is 1.60. The highest BCUT2D eigenvalue weighted by atomic mass is 19.1. The molecule has 1 aromatic rings. The first kappa shape index (κ1) is 13.0. The summed E-state index contributed by atoms with van der Waals surface area (Å²) in [6, 6.07) is 5.37. The van der Waals surface area contributed by atoms with Gasteiger partial charge >= 0.3 is 0 Å². The minimum absolute atomic E-state index is 0.00215. The van der Waals surface area contributed by atoms with Gasteiger partial charge in [-0.1, -0.05) is 19.9 Å². The monoisotopic (exact) mass is 225 g/mol. The smallest absolute Gasteiger partial charge is 0.150 e. The Morgan fingerprint density at radius 1 is 1.44 bits per heavy atom. The fourth-order valence-corrected chi connectivity index (χ4v) is 1.89. The normalized spacial score (nSPS) is 14.9. The maximum absolute atomic E-state index is 14.7. The minimum Gasteiger partial charge on any atom is -0.497 e. The van der Waals surface area contributed by atoms with Crippen LogP contribution in [0.1, 0.15) is 25.0 Å². The summed E-state index contributed by atoms with van der Waals surface area (Å²) in [4.78, 5) is 0. The molecular formula is C13H20FNO. The van der Waals surface area contributed by atoms with Crippen LogP contribution in [0, 0.1) is 12.8 Å². The Hall–Kier alpha value is -1.09. The van der Waals surface area contributed by atoms with Crippen molar-refractivity contribution >= 4 is 0 Å².